The van der Waals surface area contributed by atoms with E-state index in [0.29, 0.717) is 23.7 Å². The number of rotatable bonds is 2. The highest BCUT2D eigenvalue weighted by Gasteiger charge is 2.34. The van der Waals surface area contributed by atoms with Crippen LogP contribution < -0.4 is 4.74 Å². The van der Waals surface area contributed by atoms with E-state index in [9.17, 15) is 17.6 Å². The average molecular weight is 323 g/mol. The van der Waals surface area contributed by atoms with Crippen LogP contribution in [0.25, 0.3) is 0 Å². The minimum absolute atomic E-state index is 0.0581. The Balaban J connectivity index is 2.38. The van der Waals surface area contributed by atoms with Crippen LogP contribution in [0, 0.1) is 17.1 Å². The van der Waals surface area contributed by atoms with Crippen LogP contribution in [0.1, 0.15) is 11.1 Å². The number of nitriles is 1. The molecule has 20 heavy (non-hydrogen) atoms. The summed E-state index contributed by atoms with van der Waals surface area (Å²) in [6.45, 7) is 0. The first-order valence-corrected chi connectivity index (χ1v) is 6.08. The van der Waals surface area contributed by atoms with Crippen LogP contribution in [-0.2, 0) is 6.18 Å². The molecule has 2 aromatic rings. The lowest BCUT2D eigenvalue weighted by molar-refractivity contribution is -0.140. The Kier molecular flexibility index (Phi) is 3.83. The molecule has 9 heteroatoms. The van der Waals surface area contributed by atoms with E-state index >= 15 is 0 Å². The molecule has 0 N–H and O–H groups in total. The lowest BCUT2D eigenvalue weighted by atomic mass is 10.2. The summed E-state index contributed by atoms with van der Waals surface area (Å²) in [6.07, 6.45) is -4.84. The predicted molar refractivity (Wildman–Crippen MR) is 63.3 cm³/mol. The van der Waals surface area contributed by atoms with Gasteiger partial charge in [0.2, 0.25) is 5.06 Å². The summed E-state index contributed by atoms with van der Waals surface area (Å²) >= 11 is 6.31. The third kappa shape index (κ3) is 2.84. The highest BCUT2D eigenvalue weighted by Crippen LogP contribution is 2.37. The molecule has 0 radical (unpaired) electrons. The molecule has 1 heterocycles. The van der Waals surface area contributed by atoms with E-state index < -0.39 is 17.6 Å². The molecular formula is C11H3ClF4N2OS. The van der Waals surface area contributed by atoms with Gasteiger partial charge in [-0.2, -0.15) is 22.8 Å². The molecule has 0 saturated heterocycles. The minimum Gasteiger partial charge on any atom is -0.444 e. The Bertz CT molecular complexity index is 693. The molecule has 2 rings (SSSR count). The van der Waals surface area contributed by atoms with Crippen molar-refractivity contribution in [2.45, 2.75) is 6.18 Å². The fourth-order valence-electron chi connectivity index (χ4n) is 1.31. The standard InChI is InChI=1S/C11H3ClF4N2OS/c12-9-6(4-17)10(20-18-9)19-5-1-2-8(13)7(3-5)11(14,15)16/h1-3H. The second-order valence-corrected chi connectivity index (χ2v) is 4.58. The molecule has 0 atom stereocenters. The molecule has 0 saturated carbocycles. The smallest absolute Gasteiger partial charge is 0.419 e. The fraction of sp³-hybridized carbons (Fsp3) is 0.0909. The van der Waals surface area contributed by atoms with Gasteiger partial charge in [0.15, 0.2) is 5.15 Å². The Morgan fingerprint density at radius 1 is 1.35 bits per heavy atom. The van der Waals surface area contributed by atoms with Crippen LogP contribution in [0.4, 0.5) is 17.6 Å². The first kappa shape index (κ1) is 14.6. The fourth-order valence-corrected chi connectivity index (χ4v) is 2.22. The quantitative estimate of drug-likeness (QED) is 0.758. The summed E-state index contributed by atoms with van der Waals surface area (Å²) in [5, 5.41) is 8.64. The number of benzene rings is 1. The molecule has 0 aliphatic heterocycles. The molecule has 0 fully saturated rings. The monoisotopic (exact) mass is 322 g/mol. The normalized spacial score (nSPS) is 11.2. The van der Waals surface area contributed by atoms with Crippen molar-refractivity contribution in [1.29, 1.82) is 5.26 Å². The highest BCUT2D eigenvalue weighted by molar-refractivity contribution is 7.08. The van der Waals surface area contributed by atoms with E-state index in [1.165, 1.54) is 0 Å². The number of hydrogen-bond acceptors (Lipinski definition) is 4. The lowest BCUT2D eigenvalue weighted by Crippen LogP contribution is -2.08. The molecule has 0 amide bonds. The zero-order chi connectivity index (χ0) is 14.9. The zero-order valence-electron chi connectivity index (χ0n) is 9.33. The predicted octanol–water partition coefficient (Wildman–Crippen LogP) is 4.62. The molecule has 0 aliphatic rings. The van der Waals surface area contributed by atoms with E-state index in [4.69, 9.17) is 21.6 Å². The largest absolute Gasteiger partial charge is 0.444 e. The van der Waals surface area contributed by atoms with E-state index in [1.54, 1.807) is 6.07 Å². The van der Waals surface area contributed by atoms with Crippen molar-refractivity contribution in [1.82, 2.24) is 4.37 Å². The van der Waals surface area contributed by atoms with E-state index in [-0.39, 0.29) is 21.5 Å². The second kappa shape index (κ2) is 5.26. The van der Waals surface area contributed by atoms with Crippen molar-refractivity contribution in [3.8, 4) is 16.9 Å². The summed E-state index contributed by atoms with van der Waals surface area (Å²) in [7, 11) is 0. The van der Waals surface area contributed by atoms with Crippen LogP contribution >= 0.6 is 23.1 Å². The molecule has 0 aliphatic carbocycles. The van der Waals surface area contributed by atoms with Gasteiger partial charge >= 0.3 is 6.18 Å². The summed E-state index contributed by atoms with van der Waals surface area (Å²) in [4.78, 5) is 0. The van der Waals surface area contributed by atoms with Gasteiger partial charge in [-0.3, -0.25) is 0 Å². The van der Waals surface area contributed by atoms with Gasteiger partial charge in [-0.1, -0.05) is 11.6 Å². The van der Waals surface area contributed by atoms with Gasteiger partial charge in [0.1, 0.15) is 23.2 Å². The number of hydrogen-bond donors (Lipinski definition) is 0. The molecule has 0 spiro atoms. The number of ether oxygens (including phenoxy) is 1. The summed E-state index contributed by atoms with van der Waals surface area (Å²) in [5.74, 6) is -1.68. The minimum atomic E-state index is -4.84. The summed E-state index contributed by atoms with van der Waals surface area (Å²) < 4.78 is 59.4. The Morgan fingerprint density at radius 2 is 2.05 bits per heavy atom. The van der Waals surface area contributed by atoms with Gasteiger partial charge in [0.05, 0.1) is 5.56 Å². The summed E-state index contributed by atoms with van der Waals surface area (Å²) in [6, 6.07) is 3.86. The Hall–Kier alpha value is -1.85. The number of nitrogens with zero attached hydrogens (tertiary/aromatic N) is 2. The molecule has 1 aromatic heterocycles. The first-order valence-electron chi connectivity index (χ1n) is 4.93. The van der Waals surface area contributed by atoms with Gasteiger partial charge < -0.3 is 4.74 Å². The van der Waals surface area contributed by atoms with E-state index in [1.807, 2.05) is 0 Å². The second-order valence-electron chi connectivity index (χ2n) is 3.49. The topological polar surface area (TPSA) is 45.9 Å². The first-order chi connectivity index (χ1) is 9.32. The van der Waals surface area contributed by atoms with Crippen molar-refractivity contribution < 1.29 is 22.3 Å². The number of halogens is 5. The molecule has 0 unspecified atom stereocenters. The third-order valence-corrected chi connectivity index (χ3v) is 3.29. The molecule has 0 bridgehead atoms. The summed E-state index contributed by atoms with van der Waals surface area (Å²) in [5.41, 5.74) is -1.54. The maximum Gasteiger partial charge on any atom is 0.419 e. The molecular weight excluding hydrogens is 320 g/mol. The lowest BCUT2D eigenvalue weighted by Gasteiger charge is -2.10. The number of aromatic nitrogens is 1. The average Bonchev–Trinajstić information content (AvgIpc) is 2.71. The van der Waals surface area contributed by atoms with Crippen LogP contribution in [-0.4, -0.2) is 4.37 Å². The van der Waals surface area contributed by atoms with Gasteiger partial charge in [0.25, 0.3) is 0 Å². The van der Waals surface area contributed by atoms with Crippen molar-refractivity contribution in [2.24, 2.45) is 0 Å². The maximum atomic E-state index is 13.1. The Labute approximate surface area is 119 Å². The van der Waals surface area contributed by atoms with Crippen molar-refractivity contribution in [2.75, 3.05) is 0 Å². The van der Waals surface area contributed by atoms with Gasteiger partial charge in [-0.05, 0) is 18.2 Å². The van der Waals surface area contributed by atoms with Crippen LogP contribution in [0.2, 0.25) is 5.15 Å². The van der Waals surface area contributed by atoms with Crippen LogP contribution in [0.15, 0.2) is 18.2 Å². The third-order valence-electron chi connectivity index (χ3n) is 2.18. The van der Waals surface area contributed by atoms with Crippen molar-refractivity contribution in [3.05, 3.63) is 40.3 Å². The SMILES string of the molecule is N#Cc1c(Cl)nsc1Oc1ccc(F)c(C(F)(F)F)c1. The zero-order valence-corrected chi connectivity index (χ0v) is 10.9. The van der Waals surface area contributed by atoms with Crippen molar-refractivity contribution >= 4 is 23.1 Å². The van der Waals surface area contributed by atoms with Crippen LogP contribution in [0.5, 0.6) is 10.8 Å². The molecule has 104 valence electrons. The van der Waals surface area contributed by atoms with Gasteiger partial charge in [-0.25, -0.2) is 4.39 Å². The van der Waals surface area contributed by atoms with Gasteiger partial charge in [0, 0.05) is 11.5 Å². The van der Waals surface area contributed by atoms with E-state index in [0.717, 1.165) is 6.07 Å². The molecule has 3 nitrogen and oxygen atoms in total. The highest BCUT2D eigenvalue weighted by atomic mass is 35.5. The maximum absolute atomic E-state index is 13.1. The molecule has 1 aromatic carbocycles. The van der Waals surface area contributed by atoms with Crippen molar-refractivity contribution in [3.63, 3.8) is 0 Å². The number of alkyl halides is 3. The van der Waals surface area contributed by atoms with E-state index in [2.05, 4.69) is 4.37 Å². The van der Waals surface area contributed by atoms with Gasteiger partial charge in [-0.15, -0.1) is 0 Å². The Morgan fingerprint density at radius 3 is 2.65 bits per heavy atom. The van der Waals surface area contributed by atoms with Crippen LogP contribution in [0.3, 0.4) is 0 Å².